The van der Waals surface area contributed by atoms with E-state index in [4.69, 9.17) is 0 Å². The molecule has 0 fully saturated rings. The number of pyridine rings is 1. The number of aromatic nitrogens is 1. The molecule has 0 aliphatic rings. The van der Waals surface area contributed by atoms with Gasteiger partial charge in [-0.15, -0.1) is 0 Å². The van der Waals surface area contributed by atoms with Gasteiger partial charge in [-0.05, 0) is 19.8 Å². The fourth-order valence-corrected chi connectivity index (χ4v) is 1.55. The minimum absolute atomic E-state index is 0.0199. The Balaban J connectivity index is 3.51. The quantitative estimate of drug-likeness (QED) is 0.694. The van der Waals surface area contributed by atoms with Gasteiger partial charge in [0, 0.05) is 23.0 Å². The molecule has 0 unspecified atom stereocenters. The second-order valence-corrected chi connectivity index (χ2v) is 3.10. The van der Waals surface area contributed by atoms with E-state index < -0.39 is 0 Å². The Labute approximate surface area is 77.6 Å². The third-order valence-electron chi connectivity index (χ3n) is 2.25. The van der Waals surface area contributed by atoms with Gasteiger partial charge in [-0.1, -0.05) is 13.8 Å². The highest BCUT2D eigenvalue weighted by atomic mass is 16.5. The van der Waals surface area contributed by atoms with Gasteiger partial charge in [0.25, 0.3) is 0 Å². The molecule has 0 saturated carbocycles. The van der Waals surface area contributed by atoms with Gasteiger partial charge < -0.3 is 9.94 Å². The molecule has 0 N–H and O–H groups in total. The average molecular weight is 180 g/mol. The summed E-state index contributed by atoms with van der Waals surface area (Å²) in [7, 11) is 0. The molecule has 1 aromatic rings. The molecule has 13 heavy (non-hydrogen) atoms. The van der Waals surface area contributed by atoms with E-state index in [1.807, 2.05) is 13.8 Å². The summed E-state index contributed by atoms with van der Waals surface area (Å²) in [4.78, 5) is 11.6. The predicted octanol–water partition coefficient (Wildman–Crippen LogP) is 1.63. The van der Waals surface area contributed by atoms with Gasteiger partial charge in [0.05, 0.1) is 0 Å². The van der Waals surface area contributed by atoms with Crippen molar-refractivity contribution in [2.45, 2.75) is 33.6 Å². The van der Waals surface area contributed by atoms with Crippen LogP contribution in [-0.4, -0.2) is 4.73 Å². The number of aryl methyl sites for hydroxylation is 1. The molecule has 1 heterocycles. The van der Waals surface area contributed by atoms with Gasteiger partial charge in [0.15, 0.2) is 5.43 Å². The Morgan fingerprint density at radius 3 is 2.46 bits per heavy atom. The SMILES string of the molecule is CCc1c(CC)n([O-])cc(C)c1=O. The molecular weight excluding hydrogens is 166 g/mol. The van der Waals surface area contributed by atoms with Crippen molar-refractivity contribution in [3.05, 3.63) is 38.4 Å². The molecule has 3 nitrogen and oxygen atoms in total. The first kappa shape index (κ1) is 9.84. The normalized spacial score (nSPS) is 10.4. The minimum atomic E-state index is 0.0199. The van der Waals surface area contributed by atoms with Crippen LogP contribution in [0.2, 0.25) is 0 Å². The fraction of sp³-hybridized carbons (Fsp3) is 0.500. The highest BCUT2D eigenvalue weighted by Crippen LogP contribution is 2.07. The third-order valence-corrected chi connectivity index (χ3v) is 2.25. The number of hydrogen-bond acceptors (Lipinski definition) is 2. The molecule has 0 aliphatic carbocycles. The maximum Gasteiger partial charge on any atom is 0.187 e. The molecule has 0 aliphatic heterocycles. The Bertz CT molecular complexity index is 366. The van der Waals surface area contributed by atoms with Crippen molar-refractivity contribution in [2.24, 2.45) is 0 Å². The molecule has 0 aromatic carbocycles. The second-order valence-electron chi connectivity index (χ2n) is 3.10. The Morgan fingerprint density at radius 1 is 1.38 bits per heavy atom. The van der Waals surface area contributed by atoms with Crippen molar-refractivity contribution in [1.29, 1.82) is 0 Å². The molecule has 0 bridgehead atoms. The predicted molar refractivity (Wildman–Crippen MR) is 53.0 cm³/mol. The molecular formula is C10H14NO2-. The van der Waals surface area contributed by atoms with Crippen LogP contribution in [0, 0.1) is 12.1 Å². The lowest BCUT2D eigenvalue weighted by molar-refractivity contribution is 0.856. The van der Waals surface area contributed by atoms with Crippen LogP contribution < -0.4 is 5.43 Å². The van der Waals surface area contributed by atoms with E-state index >= 15 is 0 Å². The molecule has 0 saturated heterocycles. The van der Waals surface area contributed by atoms with E-state index in [-0.39, 0.29) is 5.43 Å². The number of rotatable bonds is 2. The van der Waals surface area contributed by atoms with Crippen LogP contribution in [0.1, 0.15) is 30.7 Å². The van der Waals surface area contributed by atoms with E-state index in [9.17, 15) is 10.0 Å². The zero-order valence-corrected chi connectivity index (χ0v) is 8.26. The van der Waals surface area contributed by atoms with Gasteiger partial charge in [0.1, 0.15) is 0 Å². The monoisotopic (exact) mass is 180 g/mol. The summed E-state index contributed by atoms with van der Waals surface area (Å²) in [6.07, 6.45) is 2.61. The first-order valence-electron chi connectivity index (χ1n) is 4.53. The Morgan fingerprint density at radius 2 is 2.00 bits per heavy atom. The summed E-state index contributed by atoms with van der Waals surface area (Å²) in [5.74, 6) is 0. The zero-order chi connectivity index (χ0) is 10.0. The lowest BCUT2D eigenvalue weighted by atomic mass is 10.1. The first-order valence-corrected chi connectivity index (χ1v) is 4.53. The van der Waals surface area contributed by atoms with Gasteiger partial charge in [0.2, 0.25) is 0 Å². The summed E-state index contributed by atoms with van der Waals surface area (Å²) in [6.45, 7) is 5.46. The van der Waals surface area contributed by atoms with Gasteiger partial charge in [-0.2, -0.15) is 0 Å². The van der Waals surface area contributed by atoms with Crippen LogP contribution in [0.3, 0.4) is 0 Å². The van der Waals surface area contributed by atoms with Crippen LogP contribution >= 0.6 is 0 Å². The molecule has 0 amide bonds. The van der Waals surface area contributed by atoms with Crippen LogP contribution in [0.25, 0.3) is 0 Å². The molecule has 3 heteroatoms. The molecule has 1 rings (SSSR count). The van der Waals surface area contributed by atoms with Crippen molar-refractivity contribution in [2.75, 3.05) is 0 Å². The lowest BCUT2D eigenvalue weighted by Crippen LogP contribution is -2.18. The minimum Gasteiger partial charge on any atom is -0.806 e. The van der Waals surface area contributed by atoms with Crippen molar-refractivity contribution in [3.8, 4) is 0 Å². The van der Waals surface area contributed by atoms with Gasteiger partial charge >= 0.3 is 0 Å². The van der Waals surface area contributed by atoms with Crippen molar-refractivity contribution >= 4 is 0 Å². The number of nitrogens with zero attached hydrogens (tertiary/aromatic N) is 1. The average Bonchev–Trinajstić information content (AvgIpc) is 2.10. The second kappa shape index (κ2) is 3.64. The lowest BCUT2D eigenvalue weighted by Gasteiger charge is -2.20. The highest BCUT2D eigenvalue weighted by Gasteiger charge is 2.06. The summed E-state index contributed by atoms with van der Waals surface area (Å²) in [6, 6.07) is 0. The van der Waals surface area contributed by atoms with Crippen LogP contribution in [-0.2, 0) is 12.8 Å². The third kappa shape index (κ3) is 1.59. The van der Waals surface area contributed by atoms with Crippen molar-refractivity contribution in [1.82, 2.24) is 4.73 Å². The van der Waals surface area contributed by atoms with Crippen LogP contribution in [0.5, 0.6) is 0 Å². The highest BCUT2D eigenvalue weighted by molar-refractivity contribution is 5.27. The van der Waals surface area contributed by atoms with E-state index in [2.05, 4.69) is 0 Å². The Hall–Kier alpha value is -1.25. The van der Waals surface area contributed by atoms with Gasteiger partial charge in [-0.25, -0.2) is 0 Å². The maximum absolute atomic E-state index is 11.6. The van der Waals surface area contributed by atoms with E-state index in [0.29, 0.717) is 29.7 Å². The standard InChI is InChI=1S/C10H14NO2/c1-4-8-9(5-2)11(13)6-7(3)10(8)12/h6H,4-5H2,1-3H3/q-1. The van der Waals surface area contributed by atoms with E-state index in [1.54, 1.807) is 6.92 Å². The van der Waals surface area contributed by atoms with Crippen LogP contribution in [0.4, 0.5) is 0 Å². The summed E-state index contributed by atoms with van der Waals surface area (Å²) in [5.41, 5.74) is 1.83. The van der Waals surface area contributed by atoms with Gasteiger partial charge in [-0.3, -0.25) is 4.79 Å². The molecule has 1 aromatic heterocycles. The summed E-state index contributed by atoms with van der Waals surface area (Å²) < 4.78 is 0.815. The van der Waals surface area contributed by atoms with E-state index in [1.165, 1.54) is 6.20 Å². The van der Waals surface area contributed by atoms with Crippen molar-refractivity contribution < 1.29 is 0 Å². The topological polar surface area (TPSA) is 45.1 Å². The summed E-state index contributed by atoms with van der Waals surface area (Å²) >= 11 is 0. The molecule has 0 spiro atoms. The fourth-order valence-electron chi connectivity index (χ4n) is 1.55. The molecule has 0 radical (unpaired) electrons. The first-order chi connectivity index (χ1) is 6.11. The molecule has 0 atom stereocenters. The maximum atomic E-state index is 11.6. The van der Waals surface area contributed by atoms with E-state index in [0.717, 1.165) is 4.73 Å². The summed E-state index contributed by atoms with van der Waals surface area (Å²) in [5, 5.41) is 11.4. The largest absolute Gasteiger partial charge is 0.806 e. The van der Waals surface area contributed by atoms with Crippen LogP contribution in [0.15, 0.2) is 11.0 Å². The zero-order valence-electron chi connectivity index (χ0n) is 8.26. The smallest absolute Gasteiger partial charge is 0.187 e. The Kier molecular flexibility index (Phi) is 2.76. The van der Waals surface area contributed by atoms with Crippen molar-refractivity contribution in [3.63, 3.8) is 0 Å². The number of hydrogen-bond donors (Lipinski definition) is 0. The molecule has 72 valence electrons.